The fourth-order valence-electron chi connectivity index (χ4n) is 1.98. The molecule has 0 aliphatic rings. The van der Waals surface area contributed by atoms with Gasteiger partial charge in [0.05, 0.1) is 0 Å². The third kappa shape index (κ3) is 5.72. The number of carboxylic acid groups (broad SMARTS) is 1. The highest BCUT2D eigenvalue weighted by Gasteiger charge is 2.14. The summed E-state index contributed by atoms with van der Waals surface area (Å²) in [6.45, 7) is 2.57. The van der Waals surface area contributed by atoms with E-state index in [0.29, 0.717) is 17.9 Å². The average Bonchev–Trinajstić information content (AvgIpc) is 2.47. The van der Waals surface area contributed by atoms with Crippen LogP contribution in [0.2, 0.25) is 0 Å². The van der Waals surface area contributed by atoms with Gasteiger partial charge in [-0.25, -0.2) is 9.59 Å². The van der Waals surface area contributed by atoms with E-state index in [0.717, 1.165) is 25.7 Å². The Kier molecular flexibility index (Phi) is 7.08. The maximum absolute atomic E-state index is 11.4. The molecule has 0 saturated heterocycles. The van der Waals surface area contributed by atoms with Crippen molar-refractivity contribution in [2.24, 2.45) is 0 Å². The Hall–Kier alpha value is -2.24. The van der Waals surface area contributed by atoms with Crippen LogP contribution in [0, 0.1) is 0 Å². The van der Waals surface area contributed by atoms with Crippen molar-refractivity contribution in [1.29, 1.82) is 0 Å². The van der Waals surface area contributed by atoms with Gasteiger partial charge < -0.3 is 15.7 Å². The lowest BCUT2D eigenvalue weighted by atomic mass is 10.2. The van der Waals surface area contributed by atoms with Gasteiger partial charge in [0.2, 0.25) is 0 Å². The molecular weight excluding hydrogens is 270 g/mol. The molecule has 6 heteroatoms. The number of hydrogen-bond acceptors (Lipinski definition) is 2. The molecule has 0 aliphatic carbocycles. The topological polar surface area (TPSA) is 81.7 Å². The quantitative estimate of drug-likeness (QED) is 0.673. The number of carbonyl (C=O) groups is 2. The highest BCUT2D eigenvalue weighted by atomic mass is 16.4. The highest BCUT2D eigenvalue weighted by Crippen LogP contribution is 2.20. The van der Waals surface area contributed by atoms with E-state index in [9.17, 15) is 14.7 Å². The summed E-state index contributed by atoms with van der Waals surface area (Å²) in [5.41, 5.74) is 1.12. The number of urea groups is 1. The van der Waals surface area contributed by atoms with Crippen LogP contribution in [0.1, 0.15) is 32.6 Å². The molecular formula is C15H23N3O3. The standard InChI is InChI=1S/C15H23N3O3/c1-3-4-5-6-10-18(15(20)21)13-9-7-8-12(11-13)17-14(19)16-2/h7-9,11H,3-6,10H2,1-2H3,(H,20,21)(H2,16,17,19). The third-order valence-electron chi connectivity index (χ3n) is 3.11. The Morgan fingerprint density at radius 2 is 2.00 bits per heavy atom. The van der Waals surface area contributed by atoms with Crippen LogP contribution in [-0.2, 0) is 0 Å². The van der Waals surface area contributed by atoms with Crippen LogP contribution < -0.4 is 15.5 Å². The Balaban J connectivity index is 2.75. The lowest BCUT2D eigenvalue weighted by Crippen LogP contribution is -2.30. The summed E-state index contributed by atoms with van der Waals surface area (Å²) in [5.74, 6) is 0. The molecule has 0 saturated carbocycles. The fraction of sp³-hybridized carbons (Fsp3) is 0.467. The molecule has 0 heterocycles. The average molecular weight is 293 g/mol. The summed E-state index contributed by atoms with van der Waals surface area (Å²) < 4.78 is 0. The van der Waals surface area contributed by atoms with Crippen molar-refractivity contribution in [2.45, 2.75) is 32.6 Å². The molecule has 3 amide bonds. The zero-order valence-corrected chi connectivity index (χ0v) is 12.6. The van der Waals surface area contributed by atoms with Crippen LogP contribution in [0.25, 0.3) is 0 Å². The highest BCUT2D eigenvalue weighted by molar-refractivity contribution is 5.91. The lowest BCUT2D eigenvalue weighted by molar-refractivity contribution is 0.201. The zero-order valence-electron chi connectivity index (χ0n) is 12.6. The van der Waals surface area contributed by atoms with Gasteiger partial charge >= 0.3 is 12.1 Å². The van der Waals surface area contributed by atoms with Crippen molar-refractivity contribution in [1.82, 2.24) is 5.32 Å². The van der Waals surface area contributed by atoms with E-state index in [2.05, 4.69) is 17.6 Å². The van der Waals surface area contributed by atoms with Gasteiger partial charge in [-0.2, -0.15) is 0 Å². The second-order valence-electron chi connectivity index (χ2n) is 4.75. The predicted octanol–water partition coefficient (Wildman–Crippen LogP) is 3.50. The van der Waals surface area contributed by atoms with Crippen molar-refractivity contribution in [2.75, 3.05) is 23.8 Å². The Bertz CT molecular complexity index is 477. The van der Waals surface area contributed by atoms with E-state index in [1.54, 1.807) is 24.3 Å². The van der Waals surface area contributed by atoms with E-state index >= 15 is 0 Å². The Morgan fingerprint density at radius 1 is 1.24 bits per heavy atom. The normalized spacial score (nSPS) is 10.0. The van der Waals surface area contributed by atoms with Gasteiger partial charge in [0.15, 0.2) is 0 Å². The molecule has 0 aliphatic heterocycles. The second-order valence-corrected chi connectivity index (χ2v) is 4.75. The molecule has 1 aromatic carbocycles. The van der Waals surface area contributed by atoms with Crippen molar-refractivity contribution < 1.29 is 14.7 Å². The summed E-state index contributed by atoms with van der Waals surface area (Å²) in [7, 11) is 1.52. The SMILES string of the molecule is CCCCCCN(C(=O)O)c1cccc(NC(=O)NC)c1. The number of benzene rings is 1. The van der Waals surface area contributed by atoms with Gasteiger partial charge in [0.25, 0.3) is 0 Å². The van der Waals surface area contributed by atoms with Gasteiger partial charge in [0.1, 0.15) is 0 Å². The van der Waals surface area contributed by atoms with Gasteiger partial charge in [-0.15, -0.1) is 0 Å². The molecule has 0 unspecified atom stereocenters. The number of nitrogens with one attached hydrogen (secondary N) is 2. The van der Waals surface area contributed by atoms with E-state index in [1.165, 1.54) is 11.9 Å². The smallest absolute Gasteiger partial charge is 0.411 e. The number of carbonyl (C=O) groups excluding carboxylic acids is 1. The molecule has 0 aromatic heterocycles. The molecule has 0 spiro atoms. The number of unbranched alkanes of at least 4 members (excludes halogenated alkanes) is 3. The number of anilines is 2. The Morgan fingerprint density at radius 3 is 2.62 bits per heavy atom. The monoisotopic (exact) mass is 293 g/mol. The van der Waals surface area contributed by atoms with E-state index in [1.807, 2.05) is 0 Å². The largest absolute Gasteiger partial charge is 0.465 e. The summed E-state index contributed by atoms with van der Waals surface area (Å²) >= 11 is 0. The maximum Gasteiger partial charge on any atom is 0.411 e. The summed E-state index contributed by atoms with van der Waals surface area (Å²) in [6, 6.07) is 6.49. The van der Waals surface area contributed by atoms with Crippen LogP contribution in [0.3, 0.4) is 0 Å². The maximum atomic E-state index is 11.4. The molecule has 0 bridgehead atoms. The van der Waals surface area contributed by atoms with E-state index in [4.69, 9.17) is 0 Å². The third-order valence-corrected chi connectivity index (χ3v) is 3.11. The second kappa shape index (κ2) is 8.84. The molecule has 0 radical (unpaired) electrons. The minimum atomic E-state index is -0.983. The summed E-state index contributed by atoms with van der Waals surface area (Å²) in [5, 5.41) is 14.4. The first-order valence-electron chi connectivity index (χ1n) is 7.17. The van der Waals surface area contributed by atoms with Gasteiger partial charge in [-0.05, 0) is 24.6 Å². The molecule has 116 valence electrons. The molecule has 21 heavy (non-hydrogen) atoms. The molecule has 1 aromatic rings. The predicted molar refractivity (Wildman–Crippen MR) is 84.0 cm³/mol. The zero-order chi connectivity index (χ0) is 15.7. The fourth-order valence-corrected chi connectivity index (χ4v) is 1.98. The van der Waals surface area contributed by atoms with Gasteiger partial charge in [0, 0.05) is 25.0 Å². The van der Waals surface area contributed by atoms with E-state index in [-0.39, 0.29) is 6.03 Å². The van der Waals surface area contributed by atoms with Gasteiger partial charge in [-0.3, -0.25) is 4.90 Å². The molecule has 6 nitrogen and oxygen atoms in total. The van der Waals surface area contributed by atoms with Crippen molar-refractivity contribution in [3.8, 4) is 0 Å². The van der Waals surface area contributed by atoms with Crippen LogP contribution in [0.4, 0.5) is 21.0 Å². The van der Waals surface area contributed by atoms with Crippen LogP contribution in [-0.4, -0.2) is 30.8 Å². The first-order valence-corrected chi connectivity index (χ1v) is 7.17. The number of nitrogens with zero attached hydrogens (tertiary/aromatic N) is 1. The van der Waals surface area contributed by atoms with Crippen LogP contribution in [0.5, 0.6) is 0 Å². The molecule has 3 N–H and O–H groups in total. The summed E-state index contributed by atoms with van der Waals surface area (Å²) in [4.78, 5) is 24.0. The first kappa shape index (κ1) is 16.8. The number of amides is 3. The molecule has 1 rings (SSSR count). The van der Waals surface area contributed by atoms with Crippen molar-refractivity contribution >= 4 is 23.5 Å². The lowest BCUT2D eigenvalue weighted by Gasteiger charge is -2.20. The van der Waals surface area contributed by atoms with Crippen LogP contribution >= 0.6 is 0 Å². The minimum Gasteiger partial charge on any atom is -0.465 e. The van der Waals surface area contributed by atoms with E-state index < -0.39 is 6.09 Å². The van der Waals surface area contributed by atoms with Crippen molar-refractivity contribution in [3.63, 3.8) is 0 Å². The molecule has 0 atom stereocenters. The Labute approximate surface area is 125 Å². The number of hydrogen-bond donors (Lipinski definition) is 3. The molecule has 0 fully saturated rings. The minimum absolute atomic E-state index is 0.336. The van der Waals surface area contributed by atoms with Crippen molar-refractivity contribution in [3.05, 3.63) is 24.3 Å². The number of rotatable bonds is 7. The van der Waals surface area contributed by atoms with Crippen LogP contribution in [0.15, 0.2) is 24.3 Å². The van der Waals surface area contributed by atoms with Gasteiger partial charge in [-0.1, -0.05) is 32.3 Å². The first-order chi connectivity index (χ1) is 10.1. The summed E-state index contributed by atoms with van der Waals surface area (Å²) in [6.07, 6.45) is 3.07.